The molecule has 1 aliphatic heterocycles. The fraction of sp³-hybridized carbons (Fsp3) is 0.846. The molecule has 6 heteroatoms. The second-order valence-corrected chi connectivity index (χ2v) is 5.42. The molecule has 19 heavy (non-hydrogen) atoms. The average Bonchev–Trinajstić information content (AvgIpc) is 2.40. The van der Waals surface area contributed by atoms with Gasteiger partial charge in [-0.15, -0.1) is 0 Å². The number of hydrogen-bond acceptors (Lipinski definition) is 3. The van der Waals surface area contributed by atoms with E-state index in [4.69, 9.17) is 9.84 Å². The fourth-order valence-electron chi connectivity index (χ4n) is 2.75. The van der Waals surface area contributed by atoms with Crippen molar-refractivity contribution in [2.24, 2.45) is 5.92 Å². The van der Waals surface area contributed by atoms with Gasteiger partial charge in [0.1, 0.15) is 0 Å². The van der Waals surface area contributed by atoms with Gasteiger partial charge in [-0.2, -0.15) is 0 Å². The molecule has 0 radical (unpaired) electrons. The summed E-state index contributed by atoms with van der Waals surface area (Å²) in [6.07, 6.45) is 4.71. The van der Waals surface area contributed by atoms with Gasteiger partial charge in [0, 0.05) is 12.6 Å². The zero-order chi connectivity index (χ0) is 13.7. The van der Waals surface area contributed by atoms with E-state index in [1.807, 2.05) is 0 Å². The topological polar surface area (TPSA) is 87.7 Å². The minimum Gasteiger partial charge on any atom is -0.481 e. The van der Waals surface area contributed by atoms with Crippen LogP contribution >= 0.6 is 0 Å². The van der Waals surface area contributed by atoms with Crippen LogP contribution < -0.4 is 10.6 Å². The lowest BCUT2D eigenvalue weighted by Gasteiger charge is -2.28. The predicted octanol–water partition coefficient (Wildman–Crippen LogP) is 1.11. The number of carbonyl (C=O) groups excluding carboxylic acids is 1. The summed E-state index contributed by atoms with van der Waals surface area (Å²) >= 11 is 0. The van der Waals surface area contributed by atoms with Crippen molar-refractivity contribution in [3.05, 3.63) is 0 Å². The Kier molecular flexibility index (Phi) is 5.01. The second-order valence-electron chi connectivity index (χ2n) is 5.42. The number of rotatable bonds is 3. The Morgan fingerprint density at radius 2 is 1.68 bits per heavy atom. The Morgan fingerprint density at radius 3 is 2.26 bits per heavy atom. The van der Waals surface area contributed by atoms with Gasteiger partial charge in [-0.05, 0) is 38.5 Å². The maximum absolute atomic E-state index is 11.8. The molecular weight excluding hydrogens is 248 g/mol. The lowest BCUT2D eigenvalue weighted by molar-refractivity contribution is -0.142. The van der Waals surface area contributed by atoms with E-state index in [0.717, 1.165) is 32.3 Å². The first kappa shape index (κ1) is 14.1. The van der Waals surface area contributed by atoms with Crippen LogP contribution in [0.1, 0.15) is 38.5 Å². The molecule has 0 bridgehead atoms. The number of amides is 2. The molecule has 0 aromatic carbocycles. The molecule has 2 fully saturated rings. The van der Waals surface area contributed by atoms with Crippen LogP contribution in [-0.2, 0) is 9.53 Å². The number of aliphatic carboxylic acids is 1. The van der Waals surface area contributed by atoms with Gasteiger partial charge in [0.25, 0.3) is 0 Å². The summed E-state index contributed by atoms with van der Waals surface area (Å²) in [5, 5.41) is 14.7. The highest BCUT2D eigenvalue weighted by Crippen LogP contribution is 2.24. The molecule has 1 saturated carbocycles. The highest BCUT2D eigenvalue weighted by Gasteiger charge is 2.27. The Morgan fingerprint density at radius 1 is 1.00 bits per heavy atom. The van der Waals surface area contributed by atoms with Gasteiger partial charge in [0.2, 0.25) is 0 Å². The van der Waals surface area contributed by atoms with Crippen LogP contribution in [0.3, 0.4) is 0 Å². The van der Waals surface area contributed by atoms with Crippen molar-refractivity contribution in [1.29, 1.82) is 0 Å². The van der Waals surface area contributed by atoms with E-state index in [2.05, 4.69) is 10.6 Å². The quantitative estimate of drug-likeness (QED) is 0.717. The van der Waals surface area contributed by atoms with Crippen molar-refractivity contribution in [3.63, 3.8) is 0 Å². The van der Waals surface area contributed by atoms with Crippen molar-refractivity contribution in [2.75, 3.05) is 13.2 Å². The number of hydrogen-bond donors (Lipinski definition) is 3. The number of urea groups is 1. The lowest BCUT2D eigenvalue weighted by atomic mass is 9.86. The van der Waals surface area contributed by atoms with Crippen LogP contribution in [0.5, 0.6) is 0 Å². The summed E-state index contributed by atoms with van der Waals surface area (Å²) in [6.45, 7) is 1.36. The summed E-state index contributed by atoms with van der Waals surface area (Å²) in [4.78, 5) is 22.6. The Bertz CT molecular complexity index is 321. The predicted molar refractivity (Wildman–Crippen MR) is 68.9 cm³/mol. The fourth-order valence-corrected chi connectivity index (χ4v) is 2.75. The molecule has 0 aromatic heterocycles. The van der Waals surface area contributed by atoms with Crippen molar-refractivity contribution in [3.8, 4) is 0 Å². The summed E-state index contributed by atoms with van der Waals surface area (Å²) < 4.78 is 5.31. The summed E-state index contributed by atoms with van der Waals surface area (Å²) in [5.41, 5.74) is 0. The van der Waals surface area contributed by atoms with Gasteiger partial charge in [-0.25, -0.2) is 4.79 Å². The molecule has 0 spiro atoms. The van der Waals surface area contributed by atoms with Crippen LogP contribution in [0.25, 0.3) is 0 Å². The standard InChI is InChI=1S/C13H22N2O4/c16-12(17)9-3-5-10(6-4-9)14-13(18)15-11-2-1-7-19-8-11/h9-11H,1-8H2,(H,16,17)(H2,14,15,18)/t9?,10?,11-/m0/s1. The number of carbonyl (C=O) groups is 2. The van der Waals surface area contributed by atoms with E-state index in [-0.39, 0.29) is 24.0 Å². The van der Waals surface area contributed by atoms with E-state index < -0.39 is 5.97 Å². The molecular formula is C13H22N2O4. The number of carboxylic acid groups (broad SMARTS) is 1. The van der Waals surface area contributed by atoms with Gasteiger partial charge in [0.15, 0.2) is 0 Å². The zero-order valence-corrected chi connectivity index (χ0v) is 11.1. The Labute approximate surface area is 112 Å². The van der Waals surface area contributed by atoms with E-state index in [1.54, 1.807) is 0 Å². The molecule has 108 valence electrons. The molecule has 1 heterocycles. The molecule has 6 nitrogen and oxygen atoms in total. The Balaban J connectivity index is 1.67. The molecule has 0 aromatic rings. The summed E-state index contributed by atoms with van der Waals surface area (Å²) in [5.74, 6) is -0.963. The number of ether oxygens (including phenoxy) is 1. The molecule has 1 saturated heterocycles. The van der Waals surface area contributed by atoms with Gasteiger partial charge in [0.05, 0.1) is 18.6 Å². The average molecular weight is 270 g/mol. The first-order valence-electron chi connectivity index (χ1n) is 7.02. The van der Waals surface area contributed by atoms with E-state index in [0.29, 0.717) is 19.4 Å². The third-order valence-electron chi connectivity index (χ3n) is 3.91. The highest BCUT2D eigenvalue weighted by molar-refractivity contribution is 5.74. The van der Waals surface area contributed by atoms with Crippen molar-refractivity contribution in [1.82, 2.24) is 10.6 Å². The smallest absolute Gasteiger partial charge is 0.315 e. The first-order valence-corrected chi connectivity index (χ1v) is 7.02. The second kappa shape index (κ2) is 6.75. The van der Waals surface area contributed by atoms with Crippen molar-refractivity contribution < 1.29 is 19.4 Å². The molecule has 1 atom stereocenters. The normalized spacial score (nSPS) is 31.5. The monoisotopic (exact) mass is 270 g/mol. The maximum Gasteiger partial charge on any atom is 0.315 e. The van der Waals surface area contributed by atoms with Crippen LogP contribution in [0.4, 0.5) is 4.79 Å². The molecule has 2 amide bonds. The molecule has 2 aliphatic rings. The first-order chi connectivity index (χ1) is 9.15. The van der Waals surface area contributed by atoms with Crippen molar-refractivity contribution >= 4 is 12.0 Å². The number of nitrogens with one attached hydrogen (secondary N) is 2. The van der Waals surface area contributed by atoms with Crippen LogP contribution in [-0.4, -0.2) is 42.4 Å². The largest absolute Gasteiger partial charge is 0.481 e. The van der Waals surface area contributed by atoms with E-state index in [9.17, 15) is 9.59 Å². The molecule has 3 N–H and O–H groups in total. The maximum atomic E-state index is 11.8. The Hall–Kier alpha value is -1.30. The van der Waals surface area contributed by atoms with Gasteiger partial charge >= 0.3 is 12.0 Å². The van der Waals surface area contributed by atoms with E-state index >= 15 is 0 Å². The van der Waals surface area contributed by atoms with Gasteiger partial charge in [-0.3, -0.25) is 4.79 Å². The van der Waals surface area contributed by atoms with Crippen molar-refractivity contribution in [2.45, 2.75) is 50.6 Å². The molecule has 1 aliphatic carbocycles. The molecule has 0 unspecified atom stereocenters. The summed E-state index contributed by atoms with van der Waals surface area (Å²) in [6, 6.07) is 0.0403. The third kappa shape index (κ3) is 4.38. The number of carboxylic acids is 1. The van der Waals surface area contributed by atoms with Gasteiger partial charge < -0.3 is 20.5 Å². The molecule has 2 rings (SSSR count). The van der Waals surface area contributed by atoms with Crippen LogP contribution in [0.15, 0.2) is 0 Å². The third-order valence-corrected chi connectivity index (χ3v) is 3.91. The zero-order valence-electron chi connectivity index (χ0n) is 11.1. The lowest BCUT2D eigenvalue weighted by Crippen LogP contribution is -2.49. The minimum atomic E-state index is -0.720. The van der Waals surface area contributed by atoms with Crippen LogP contribution in [0, 0.1) is 5.92 Å². The summed E-state index contributed by atoms with van der Waals surface area (Å²) in [7, 11) is 0. The van der Waals surface area contributed by atoms with Gasteiger partial charge in [-0.1, -0.05) is 0 Å². The minimum absolute atomic E-state index is 0.0973. The highest BCUT2D eigenvalue weighted by atomic mass is 16.5. The SMILES string of the molecule is O=C(NC1CCC(C(=O)O)CC1)N[C@H]1CCCOC1. The van der Waals surface area contributed by atoms with E-state index in [1.165, 1.54) is 0 Å². The van der Waals surface area contributed by atoms with Crippen LogP contribution in [0.2, 0.25) is 0 Å².